The summed E-state index contributed by atoms with van der Waals surface area (Å²) in [6, 6.07) is 0. The van der Waals surface area contributed by atoms with Gasteiger partial charge in [-0.05, 0) is 51.4 Å². The van der Waals surface area contributed by atoms with Gasteiger partial charge in [-0.3, -0.25) is 9.59 Å². The minimum atomic E-state index is -0.781. The molecule has 0 spiro atoms. The van der Waals surface area contributed by atoms with Crippen molar-refractivity contribution in [2.75, 3.05) is 13.2 Å². The van der Waals surface area contributed by atoms with E-state index in [1.54, 1.807) is 0 Å². The molecule has 0 aliphatic carbocycles. The van der Waals surface area contributed by atoms with E-state index in [0.717, 1.165) is 77.0 Å². The van der Waals surface area contributed by atoms with E-state index in [0.29, 0.717) is 12.8 Å². The largest absolute Gasteiger partial charge is 0.462 e. The van der Waals surface area contributed by atoms with Crippen molar-refractivity contribution in [2.24, 2.45) is 0 Å². The zero-order chi connectivity index (χ0) is 32.2. The lowest BCUT2D eigenvalue weighted by molar-refractivity contribution is -0.161. The Bertz CT molecular complexity index is 752. The summed E-state index contributed by atoms with van der Waals surface area (Å²) in [6.07, 6.45) is 43.0. The Kier molecular flexibility index (Phi) is 33.6. The Labute approximate surface area is 271 Å². The zero-order valence-electron chi connectivity index (χ0n) is 28.7. The summed E-state index contributed by atoms with van der Waals surface area (Å²) in [6.45, 7) is 3.99. The van der Waals surface area contributed by atoms with E-state index in [2.05, 4.69) is 62.5 Å². The number of ether oxygens (including phenoxy) is 2. The van der Waals surface area contributed by atoms with Gasteiger partial charge in [0.25, 0.3) is 0 Å². The molecule has 0 aromatic rings. The van der Waals surface area contributed by atoms with Crippen molar-refractivity contribution in [3.8, 4) is 0 Å². The lowest BCUT2D eigenvalue weighted by Gasteiger charge is -2.15. The van der Waals surface area contributed by atoms with Gasteiger partial charge < -0.3 is 14.6 Å². The van der Waals surface area contributed by atoms with E-state index in [1.165, 1.54) is 64.2 Å². The number of aliphatic hydroxyl groups is 1. The molecule has 0 bridgehead atoms. The summed E-state index contributed by atoms with van der Waals surface area (Å²) >= 11 is 0. The van der Waals surface area contributed by atoms with Gasteiger partial charge >= 0.3 is 11.9 Å². The molecule has 5 heteroatoms. The standard InChI is InChI=1S/C39H68O5/c1-3-5-7-9-11-13-15-17-18-19-20-22-24-26-28-30-32-34-39(42)44-37(35-40)36-43-38(41)33-31-29-27-25-23-21-16-14-12-10-8-6-4-2/h5,7,11,13,17-18,20,22,37,40H,3-4,6,8-10,12,14-16,19,21,23-36H2,1-2H3/b7-5-,13-11-,18-17-,22-20-. The maximum atomic E-state index is 12.1. The number of aliphatic hydroxyl groups excluding tert-OH is 1. The maximum absolute atomic E-state index is 12.1. The first-order valence-corrected chi connectivity index (χ1v) is 18.2. The Morgan fingerprint density at radius 2 is 0.977 bits per heavy atom. The molecule has 0 aromatic heterocycles. The van der Waals surface area contributed by atoms with Crippen LogP contribution in [0.15, 0.2) is 48.6 Å². The Balaban J connectivity index is 3.63. The monoisotopic (exact) mass is 617 g/mol. The first-order valence-electron chi connectivity index (χ1n) is 18.2. The lowest BCUT2D eigenvalue weighted by Crippen LogP contribution is -2.28. The molecule has 0 saturated carbocycles. The summed E-state index contributed by atoms with van der Waals surface area (Å²) in [7, 11) is 0. The van der Waals surface area contributed by atoms with Crippen LogP contribution in [0.2, 0.25) is 0 Å². The summed E-state index contributed by atoms with van der Waals surface area (Å²) in [4.78, 5) is 24.2. The summed E-state index contributed by atoms with van der Waals surface area (Å²) in [5.41, 5.74) is 0. The number of carbonyl (C=O) groups excluding carboxylic acids is 2. The molecular formula is C39H68O5. The van der Waals surface area contributed by atoms with Gasteiger partial charge in [-0.15, -0.1) is 0 Å². The van der Waals surface area contributed by atoms with Crippen LogP contribution in [0.25, 0.3) is 0 Å². The first-order chi connectivity index (χ1) is 21.6. The molecule has 254 valence electrons. The molecule has 0 aromatic carbocycles. The molecule has 5 nitrogen and oxygen atoms in total. The second kappa shape index (κ2) is 35.3. The zero-order valence-corrected chi connectivity index (χ0v) is 28.7. The Morgan fingerprint density at radius 3 is 1.48 bits per heavy atom. The van der Waals surface area contributed by atoms with Gasteiger partial charge in [-0.25, -0.2) is 0 Å². The van der Waals surface area contributed by atoms with Gasteiger partial charge in [-0.1, -0.05) is 152 Å². The highest BCUT2D eigenvalue weighted by atomic mass is 16.6. The molecule has 0 fully saturated rings. The van der Waals surface area contributed by atoms with Crippen LogP contribution in [0.3, 0.4) is 0 Å². The number of unbranched alkanes of at least 4 members (excludes halogenated alkanes) is 16. The number of esters is 2. The van der Waals surface area contributed by atoms with Gasteiger partial charge in [0, 0.05) is 12.8 Å². The summed E-state index contributed by atoms with van der Waals surface area (Å²) < 4.78 is 10.6. The Morgan fingerprint density at radius 1 is 0.545 bits per heavy atom. The van der Waals surface area contributed by atoms with Crippen molar-refractivity contribution < 1.29 is 24.2 Å². The van der Waals surface area contributed by atoms with Crippen LogP contribution in [0.4, 0.5) is 0 Å². The minimum absolute atomic E-state index is 0.0750. The Hall–Kier alpha value is -2.14. The molecule has 44 heavy (non-hydrogen) atoms. The van der Waals surface area contributed by atoms with Gasteiger partial charge in [0.05, 0.1) is 6.61 Å². The quantitative estimate of drug-likeness (QED) is 0.0462. The molecule has 1 N–H and O–H groups in total. The number of allylic oxidation sites excluding steroid dienone is 8. The van der Waals surface area contributed by atoms with Crippen molar-refractivity contribution in [1.82, 2.24) is 0 Å². The highest BCUT2D eigenvalue weighted by molar-refractivity contribution is 5.70. The van der Waals surface area contributed by atoms with Crippen molar-refractivity contribution in [1.29, 1.82) is 0 Å². The van der Waals surface area contributed by atoms with Gasteiger partial charge in [0.2, 0.25) is 0 Å². The number of hydrogen-bond donors (Lipinski definition) is 1. The topological polar surface area (TPSA) is 72.8 Å². The highest BCUT2D eigenvalue weighted by Gasteiger charge is 2.16. The average Bonchev–Trinajstić information content (AvgIpc) is 3.02. The SMILES string of the molecule is CC/C=C\C/C=C\C/C=C\C/C=C\CCCCCCC(=O)OC(CO)COC(=O)CCCCCCCCCCCCCCC. The third-order valence-electron chi connectivity index (χ3n) is 7.64. The molecule has 0 heterocycles. The van der Waals surface area contributed by atoms with Crippen LogP contribution in [0, 0.1) is 0 Å². The van der Waals surface area contributed by atoms with E-state index in [-0.39, 0.29) is 25.2 Å². The van der Waals surface area contributed by atoms with Crippen LogP contribution in [-0.2, 0) is 19.1 Å². The second-order valence-corrected chi connectivity index (χ2v) is 11.9. The lowest BCUT2D eigenvalue weighted by atomic mass is 10.0. The second-order valence-electron chi connectivity index (χ2n) is 11.9. The highest BCUT2D eigenvalue weighted by Crippen LogP contribution is 2.13. The summed E-state index contributed by atoms with van der Waals surface area (Å²) in [5.74, 6) is -0.619. The van der Waals surface area contributed by atoms with E-state index >= 15 is 0 Å². The third-order valence-corrected chi connectivity index (χ3v) is 7.64. The van der Waals surface area contributed by atoms with Crippen molar-refractivity contribution in [2.45, 2.75) is 174 Å². The molecule has 0 amide bonds. The smallest absolute Gasteiger partial charge is 0.306 e. The van der Waals surface area contributed by atoms with Crippen LogP contribution < -0.4 is 0 Å². The molecule has 0 aliphatic rings. The first kappa shape index (κ1) is 41.9. The van der Waals surface area contributed by atoms with Crippen LogP contribution in [0.5, 0.6) is 0 Å². The molecular weight excluding hydrogens is 548 g/mol. The third kappa shape index (κ3) is 32.8. The number of rotatable bonds is 32. The predicted molar refractivity (Wildman–Crippen MR) is 187 cm³/mol. The van der Waals surface area contributed by atoms with E-state index in [1.807, 2.05) is 0 Å². The van der Waals surface area contributed by atoms with Crippen molar-refractivity contribution in [3.63, 3.8) is 0 Å². The molecule has 0 aliphatic heterocycles. The van der Waals surface area contributed by atoms with Crippen molar-refractivity contribution >= 4 is 11.9 Å². The number of hydrogen-bond acceptors (Lipinski definition) is 5. The fourth-order valence-corrected chi connectivity index (χ4v) is 4.90. The normalized spacial score (nSPS) is 12.7. The van der Waals surface area contributed by atoms with Crippen LogP contribution in [0.1, 0.15) is 168 Å². The van der Waals surface area contributed by atoms with E-state index < -0.39 is 6.10 Å². The van der Waals surface area contributed by atoms with E-state index in [4.69, 9.17) is 9.47 Å². The van der Waals surface area contributed by atoms with Crippen LogP contribution in [-0.4, -0.2) is 36.4 Å². The molecule has 0 rings (SSSR count). The molecule has 1 unspecified atom stereocenters. The van der Waals surface area contributed by atoms with Crippen molar-refractivity contribution in [3.05, 3.63) is 48.6 Å². The molecule has 0 saturated heterocycles. The predicted octanol–water partition coefficient (Wildman–Crippen LogP) is 11.1. The summed E-state index contributed by atoms with van der Waals surface area (Å²) in [5, 5.41) is 9.52. The number of carbonyl (C=O) groups is 2. The minimum Gasteiger partial charge on any atom is -0.462 e. The van der Waals surface area contributed by atoms with Gasteiger partial charge in [0.15, 0.2) is 6.10 Å². The fraction of sp³-hybridized carbons (Fsp3) is 0.744. The molecule has 1 atom stereocenters. The van der Waals surface area contributed by atoms with Gasteiger partial charge in [-0.2, -0.15) is 0 Å². The average molecular weight is 617 g/mol. The van der Waals surface area contributed by atoms with Crippen LogP contribution >= 0.6 is 0 Å². The fourth-order valence-electron chi connectivity index (χ4n) is 4.90. The maximum Gasteiger partial charge on any atom is 0.306 e. The molecule has 0 radical (unpaired) electrons. The van der Waals surface area contributed by atoms with Gasteiger partial charge in [0.1, 0.15) is 6.61 Å². The van der Waals surface area contributed by atoms with E-state index in [9.17, 15) is 14.7 Å².